The maximum Gasteiger partial charge on any atom is 0.142 e. The quantitative estimate of drug-likeness (QED) is 0.758. The fraction of sp³-hybridized carbons (Fsp3) is 0. The van der Waals surface area contributed by atoms with E-state index in [0.29, 0.717) is 22.6 Å². The Kier molecular flexibility index (Phi) is 3.46. The molecule has 0 radical (unpaired) electrons. The highest BCUT2D eigenvalue weighted by Gasteiger charge is 2.15. The zero-order valence-electron chi connectivity index (χ0n) is 10.9. The lowest BCUT2D eigenvalue weighted by Crippen LogP contribution is -1.99. The molecule has 21 heavy (non-hydrogen) atoms. The molecular formula is C16H10BrN3O. The van der Waals surface area contributed by atoms with Crippen LogP contribution in [0.1, 0.15) is 5.56 Å². The molecule has 2 aromatic heterocycles. The maximum absolute atomic E-state index is 9.29. The van der Waals surface area contributed by atoms with Gasteiger partial charge in [-0.1, -0.05) is 34.1 Å². The van der Waals surface area contributed by atoms with Crippen LogP contribution in [-0.4, -0.2) is 4.98 Å². The number of furan rings is 1. The normalized spacial score (nSPS) is 10.3. The number of nitrogens with two attached hydrogens (primary N) is 1. The topological polar surface area (TPSA) is 75.8 Å². The number of nitriles is 1. The molecule has 0 amide bonds. The molecule has 0 spiro atoms. The zero-order valence-corrected chi connectivity index (χ0v) is 12.5. The van der Waals surface area contributed by atoms with E-state index in [2.05, 4.69) is 27.0 Å². The number of aromatic nitrogens is 1. The summed E-state index contributed by atoms with van der Waals surface area (Å²) >= 11 is 3.50. The minimum atomic E-state index is 0.192. The van der Waals surface area contributed by atoms with Crippen LogP contribution in [0.2, 0.25) is 0 Å². The van der Waals surface area contributed by atoms with E-state index in [0.717, 1.165) is 10.0 Å². The molecule has 0 unspecified atom stereocenters. The second kappa shape index (κ2) is 5.43. The summed E-state index contributed by atoms with van der Waals surface area (Å²) in [5.74, 6) is 0.783. The van der Waals surface area contributed by atoms with Crippen molar-refractivity contribution in [2.45, 2.75) is 0 Å². The van der Waals surface area contributed by atoms with Gasteiger partial charge in [-0.05, 0) is 24.3 Å². The molecule has 1 aromatic carbocycles. The summed E-state index contributed by atoms with van der Waals surface area (Å²) in [6.45, 7) is 0. The average Bonchev–Trinajstić information content (AvgIpc) is 3.01. The van der Waals surface area contributed by atoms with Gasteiger partial charge < -0.3 is 10.2 Å². The van der Waals surface area contributed by atoms with Gasteiger partial charge in [0.2, 0.25) is 0 Å². The summed E-state index contributed by atoms with van der Waals surface area (Å²) in [6, 6.07) is 15.2. The molecule has 0 bridgehead atoms. The van der Waals surface area contributed by atoms with Crippen LogP contribution >= 0.6 is 15.9 Å². The first-order valence-electron chi connectivity index (χ1n) is 6.20. The smallest absolute Gasteiger partial charge is 0.142 e. The lowest BCUT2D eigenvalue weighted by Gasteiger charge is -2.09. The molecule has 0 aliphatic heterocycles. The molecule has 3 aromatic rings. The summed E-state index contributed by atoms with van der Waals surface area (Å²) in [4.78, 5) is 4.33. The van der Waals surface area contributed by atoms with E-state index < -0.39 is 0 Å². The van der Waals surface area contributed by atoms with Gasteiger partial charge in [-0.15, -0.1) is 0 Å². The highest BCUT2D eigenvalue weighted by atomic mass is 79.9. The van der Waals surface area contributed by atoms with E-state index in [9.17, 15) is 5.26 Å². The van der Waals surface area contributed by atoms with Gasteiger partial charge >= 0.3 is 0 Å². The van der Waals surface area contributed by atoms with Crippen molar-refractivity contribution in [3.63, 3.8) is 0 Å². The molecule has 0 atom stereocenters. The summed E-state index contributed by atoms with van der Waals surface area (Å²) in [7, 11) is 0. The van der Waals surface area contributed by atoms with Crippen molar-refractivity contribution < 1.29 is 4.42 Å². The van der Waals surface area contributed by atoms with Gasteiger partial charge in [-0.25, -0.2) is 4.98 Å². The third-order valence-electron chi connectivity index (χ3n) is 3.10. The molecule has 2 heterocycles. The highest BCUT2D eigenvalue weighted by molar-refractivity contribution is 9.10. The maximum atomic E-state index is 9.29. The number of anilines is 1. The first-order valence-corrected chi connectivity index (χ1v) is 6.99. The molecule has 0 aliphatic rings. The Morgan fingerprint density at radius 1 is 1.14 bits per heavy atom. The second-order valence-corrected chi connectivity index (χ2v) is 5.24. The Morgan fingerprint density at radius 2 is 1.95 bits per heavy atom. The number of benzene rings is 1. The van der Waals surface area contributed by atoms with Crippen LogP contribution in [0.4, 0.5) is 5.82 Å². The molecular weight excluding hydrogens is 330 g/mol. The standard InChI is InChI=1S/C16H10BrN3O/c17-13-5-2-1-4-10(13)14-8-11(15-6-3-7-21-15)12(9-18)16(19)20-14/h1-8H,(H2,19,20). The van der Waals surface area contributed by atoms with Gasteiger partial charge in [-0.2, -0.15) is 5.26 Å². The Hall–Kier alpha value is -2.58. The fourth-order valence-electron chi connectivity index (χ4n) is 2.12. The molecule has 0 fully saturated rings. The van der Waals surface area contributed by atoms with Crippen molar-refractivity contribution in [1.82, 2.24) is 4.98 Å². The van der Waals surface area contributed by atoms with Crippen LogP contribution in [0.25, 0.3) is 22.6 Å². The molecule has 0 aliphatic carbocycles. The average molecular weight is 340 g/mol. The number of nitrogen functional groups attached to an aromatic ring is 1. The molecule has 5 heteroatoms. The second-order valence-electron chi connectivity index (χ2n) is 4.38. The third-order valence-corrected chi connectivity index (χ3v) is 3.79. The molecule has 0 saturated carbocycles. The van der Waals surface area contributed by atoms with Crippen LogP contribution in [0.3, 0.4) is 0 Å². The Bertz CT molecular complexity index is 835. The SMILES string of the molecule is N#Cc1c(-c2ccco2)cc(-c2ccccc2Br)nc1N. The van der Waals surface area contributed by atoms with Gasteiger partial charge in [0, 0.05) is 15.6 Å². The number of pyridine rings is 1. The number of hydrogen-bond acceptors (Lipinski definition) is 4. The van der Waals surface area contributed by atoms with Crippen molar-refractivity contribution in [1.29, 1.82) is 5.26 Å². The summed E-state index contributed by atoms with van der Waals surface area (Å²) in [6.07, 6.45) is 1.56. The predicted octanol–water partition coefficient (Wildman–Crippen LogP) is 4.22. The Morgan fingerprint density at radius 3 is 2.62 bits per heavy atom. The van der Waals surface area contributed by atoms with Crippen LogP contribution in [0, 0.1) is 11.3 Å². The van der Waals surface area contributed by atoms with Crippen molar-refractivity contribution in [3.8, 4) is 28.7 Å². The Labute approximate surface area is 130 Å². The first-order chi connectivity index (χ1) is 10.2. The molecule has 3 rings (SSSR count). The van der Waals surface area contributed by atoms with E-state index in [1.165, 1.54) is 0 Å². The van der Waals surface area contributed by atoms with Crippen molar-refractivity contribution >= 4 is 21.7 Å². The van der Waals surface area contributed by atoms with Gasteiger partial charge in [0.1, 0.15) is 23.2 Å². The zero-order chi connectivity index (χ0) is 14.8. The molecule has 2 N–H and O–H groups in total. The van der Waals surface area contributed by atoms with Crippen LogP contribution < -0.4 is 5.73 Å². The number of nitrogens with zero attached hydrogens (tertiary/aromatic N) is 2. The Balaban J connectivity index is 2.26. The van der Waals surface area contributed by atoms with Crippen molar-refractivity contribution in [3.05, 3.63) is 58.8 Å². The number of rotatable bonds is 2. The largest absolute Gasteiger partial charge is 0.464 e. The third kappa shape index (κ3) is 2.41. The molecule has 4 nitrogen and oxygen atoms in total. The minimum Gasteiger partial charge on any atom is -0.464 e. The number of halogens is 1. The van der Waals surface area contributed by atoms with E-state index in [-0.39, 0.29) is 5.82 Å². The van der Waals surface area contributed by atoms with Crippen LogP contribution in [-0.2, 0) is 0 Å². The van der Waals surface area contributed by atoms with Gasteiger partial charge in [0.05, 0.1) is 12.0 Å². The lowest BCUT2D eigenvalue weighted by atomic mass is 10.0. The summed E-state index contributed by atoms with van der Waals surface area (Å²) in [5, 5.41) is 9.29. The van der Waals surface area contributed by atoms with Gasteiger partial charge in [0.25, 0.3) is 0 Å². The monoisotopic (exact) mass is 339 g/mol. The highest BCUT2D eigenvalue weighted by Crippen LogP contribution is 2.33. The summed E-state index contributed by atoms with van der Waals surface area (Å²) < 4.78 is 6.30. The number of hydrogen-bond donors (Lipinski definition) is 1. The lowest BCUT2D eigenvalue weighted by molar-refractivity contribution is 0.582. The van der Waals surface area contributed by atoms with E-state index in [1.807, 2.05) is 30.3 Å². The van der Waals surface area contributed by atoms with E-state index >= 15 is 0 Å². The van der Waals surface area contributed by atoms with Gasteiger partial charge in [-0.3, -0.25) is 0 Å². The first kappa shape index (κ1) is 13.4. The van der Waals surface area contributed by atoms with Crippen LogP contribution in [0.5, 0.6) is 0 Å². The van der Waals surface area contributed by atoms with Crippen molar-refractivity contribution in [2.24, 2.45) is 0 Å². The predicted molar refractivity (Wildman–Crippen MR) is 84.2 cm³/mol. The van der Waals surface area contributed by atoms with Crippen molar-refractivity contribution in [2.75, 3.05) is 5.73 Å². The van der Waals surface area contributed by atoms with Crippen LogP contribution in [0.15, 0.2) is 57.6 Å². The summed E-state index contributed by atoms with van der Waals surface area (Å²) in [5.41, 5.74) is 8.49. The van der Waals surface area contributed by atoms with Gasteiger partial charge in [0.15, 0.2) is 0 Å². The molecule has 102 valence electrons. The molecule has 0 saturated heterocycles. The van der Waals surface area contributed by atoms with E-state index in [4.69, 9.17) is 10.2 Å². The van der Waals surface area contributed by atoms with E-state index in [1.54, 1.807) is 18.4 Å². The minimum absolute atomic E-state index is 0.192. The fourth-order valence-corrected chi connectivity index (χ4v) is 2.60.